The molecule has 4 heteroatoms. The van der Waals surface area contributed by atoms with Crippen molar-refractivity contribution in [1.82, 2.24) is 0 Å². The standard InChI is InChI=1S/C15H15N3O/c1-15(19,11-17-18-16)14-10-6-5-9-13(14)12-7-3-2-4-8-12/h2-10,19H,11H2,1H3/t15-/m1/s1. The molecule has 19 heavy (non-hydrogen) atoms. The van der Waals surface area contributed by atoms with E-state index in [-0.39, 0.29) is 6.54 Å². The predicted octanol–water partition coefficient (Wildman–Crippen LogP) is 3.87. The summed E-state index contributed by atoms with van der Waals surface area (Å²) in [5, 5.41) is 14.0. The highest BCUT2D eigenvalue weighted by molar-refractivity contribution is 5.68. The van der Waals surface area contributed by atoms with Gasteiger partial charge in [-0.25, -0.2) is 0 Å². The summed E-state index contributed by atoms with van der Waals surface area (Å²) < 4.78 is 0. The van der Waals surface area contributed by atoms with E-state index in [0.29, 0.717) is 0 Å². The second kappa shape index (κ2) is 5.57. The highest BCUT2D eigenvalue weighted by atomic mass is 16.3. The molecule has 1 atom stereocenters. The van der Waals surface area contributed by atoms with Gasteiger partial charge in [0.15, 0.2) is 0 Å². The summed E-state index contributed by atoms with van der Waals surface area (Å²) in [5.74, 6) is 0. The Morgan fingerprint density at radius 1 is 1.11 bits per heavy atom. The van der Waals surface area contributed by atoms with Crippen LogP contribution in [0.25, 0.3) is 21.6 Å². The summed E-state index contributed by atoms with van der Waals surface area (Å²) in [7, 11) is 0. The number of hydrogen-bond acceptors (Lipinski definition) is 2. The van der Waals surface area contributed by atoms with E-state index in [1.54, 1.807) is 6.92 Å². The molecule has 2 aromatic carbocycles. The fourth-order valence-electron chi connectivity index (χ4n) is 2.08. The number of nitrogens with zero attached hydrogens (tertiary/aromatic N) is 3. The third-order valence-electron chi connectivity index (χ3n) is 3.03. The lowest BCUT2D eigenvalue weighted by Gasteiger charge is -2.24. The van der Waals surface area contributed by atoms with Crippen LogP contribution in [0.3, 0.4) is 0 Å². The average molecular weight is 253 g/mol. The molecule has 0 amide bonds. The Bertz CT molecular complexity index is 602. The molecule has 0 fully saturated rings. The Balaban J connectivity index is 2.50. The summed E-state index contributed by atoms with van der Waals surface area (Å²) in [5.41, 5.74) is 9.96. The summed E-state index contributed by atoms with van der Waals surface area (Å²) in [6.07, 6.45) is 0. The minimum atomic E-state index is -1.18. The van der Waals surface area contributed by atoms with Gasteiger partial charge < -0.3 is 5.11 Å². The maximum atomic E-state index is 10.5. The van der Waals surface area contributed by atoms with Gasteiger partial charge in [-0.15, -0.1) is 0 Å². The van der Waals surface area contributed by atoms with Gasteiger partial charge in [0.1, 0.15) is 0 Å². The molecule has 2 aromatic rings. The summed E-state index contributed by atoms with van der Waals surface area (Å²) >= 11 is 0. The lowest BCUT2D eigenvalue weighted by molar-refractivity contribution is 0.0675. The lowest BCUT2D eigenvalue weighted by Crippen LogP contribution is -2.25. The Kier molecular flexibility index (Phi) is 3.85. The van der Waals surface area contributed by atoms with Gasteiger partial charge in [-0.3, -0.25) is 0 Å². The zero-order chi connectivity index (χ0) is 13.7. The average Bonchev–Trinajstić information content (AvgIpc) is 2.46. The van der Waals surface area contributed by atoms with Crippen LogP contribution < -0.4 is 0 Å². The van der Waals surface area contributed by atoms with Crippen LogP contribution in [0.2, 0.25) is 0 Å². The second-order valence-electron chi connectivity index (χ2n) is 4.57. The number of azide groups is 1. The van der Waals surface area contributed by atoms with Crippen molar-refractivity contribution in [3.63, 3.8) is 0 Å². The molecule has 2 rings (SSSR count). The SMILES string of the molecule is C[C@@](O)(CN=[N+]=[N-])c1ccccc1-c1ccccc1. The Morgan fingerprint density at radius 2 is 1.74 bits per heavy atom. The van der Waals surface area contributed by atoms with Crippen LogP contribution in [0.5, 0.6) is 0 Å². The molecule has 96 valence electrons. The maximum Gasteiger partial charge on any atom is 0.0930 e. The molecule has 1 N–H and O–H groups in total. The van der Waals surface area contributed by atoms with E-state index < -0.39 is 5.60 Å². The first-order valence-electron chi connectivity index (χ1n) is 6.03. The van der Waals surface area contributed by atoms with Crippen molar-refractivity contribution in [1.29, 1.82) is 0 Å². The normalized spacial score (nSPS) is 13.4. The molecule has 0 aliphatic heterocycles. The van der Waals surface area contributed by atoms with Crippen LogP contribution in [0.4, 0.5) is 0 Å². The van der Waals surface area contributed by atoms with Crippen LogP contribution >= 0.6 is 0 Å². The van der Waals surface area contributed by atoms with Crippen LogP contribution in [-0.2, 0) is 5.60 Å². The topological polar surface area (TPSA) is 69.0 Å². The van der Waals surface area contributed by atoms with E-state index in [0.717, 1.165) is 16.7 Å². The largest absolute Gasteiger partial charge is 0.385 e. The van der Waals surface area contributed by atoms with Crippen molar-refractivity contribution in [2.45, 2.75) is 12.5 Å². The van der Waals surface area contributed by atoms with Crippen LogP contribution in [0, 0.1) is 0 Å². The Labute approximate surface area is 112 Å². The van der Waals surface area contributed by atoms with Crippen LogP contribution in [0.1, 0.15) is 12.5 Å². The zero-order valence-corrected chi connectivity index (χ0v) is 10.7. The Morgan fingerprint density at radius 3 is 2.42 bits per heavy atom. The summed E-state index contributed by atoms with van der Waals surface area (Å²) in [4.78, 5) is 2.71. The molecule has 0 aromatic heterocycles. The first-order valence-corrected chi connectivity index (χ1v) is 6.03. The molecular weight excluding hydrogens is 238 g/mol. The molecule has 0 unspecified atom stereocenters. The molecule has 0 spiro atoms. The van der Waals surface area contributed by atoms with Gasteiger partial charge in [-0.2, -0.15) is 0 Å². The molecule has 0 bridgehead atoms. The summed E-state index contributed by atoms with van der Waals surface area (Å²) in [6, 6.07) is 17.4. The van der Waals surface area contributed by atoms with Gasteiger partial charge >= 0.3 is 0 Å². The highest BCUT2D eigenvalue weighted by Gasteiger charge is 2.25. The third-order valence-corrected chi connectivity index (χ3v) is 3.03. The smallest absolute Gasteiger partial charge is 0.0930 e. The molecule has 0 heterocycles. The summed E-state index contributed by atoms with van der Waals surface area (Å²) in [6.45, 7) is 1.66. The molecule has 0 aliphatic carbocycles. The van der Waals surface area contributed by atoms with Crippen molar-refractivity contribution >= 4 is 0 Å². The molecule has 4 nitrogen and oxygen atoms in total. The van der Waals surface area contributed by atoms with E-state index in [2.05, 4.69) is 10.0 Å². The van der Waals surface area contributed by atoms with Gasteiger partial charge in [0.25, 0.3) is 0 Å². The van der Waals surface area contributed by atoms with Gasteiger partial charge in [0.2, 0.25) is 0 Å². The quantitative estimate of drug-likeness (QED) is 0.501. The van der Waals surface area contributed by atoms with Gasteiger partial charge in [-0.05, 0) is 29.1 Å². The van der Waals surface area contributed by atoms with Crippen molar-refractivity contribution in [3.05, 3.63) is 70.6 Å². The van der Waals surface area contributed by atoms with E-state index >= 15 is 0 Å². The number of benzene rings is 2. The fourth-order valence-corrected chi connectivity index (χ4v) is 2.08. The first-order chi connectivity index (χ1) is 9.15. The number of hydrogen-bond donors (Lipinski definition) is 1. The maximum absolute atomic E-state index is 10.5. The number of rotatable bonds is 4. The van der Waals surface area contributed by atoms with Crippen molar-refractivity contribution in [2.75, 3.05) is 6.54 Å². The van der Waals surface area contributed by atoms with E-state index in [4.69, 9.17) is 5.53 Å². The Hall–Kier alpha value is -2.29. The number of aliphatic hydroxyl groups is 1. The van der Waals surface area contributed by atoms with E-state index in [1.807, 2.05) is 54.6 Å². The van der Waals surface area contributed by atoms with Crippen LogP contribution in [-0.4, -0.2) is 11.7 Å². The predicted molar refractivity (Wildman–Crippen MR) is 75.5 cm³/mol. The van der Waals surface area contributed by atoms with Gasteiger partial charge in [0.05, 0.1) is 12.1 Å². The zero-order valence-electron chi connectivity index (χ0n) is 10.7. The van der Waals surface area contributed by atoms with Crippen molar-refractivity contribution in [3.8, 4) is 11.1 Å². The molecule has 0 radical (unpaired) electrons. The molecule has 0 saturated heterocycles. The molecule has 0 saturated carbocycles. The van der Waals surface area contributed by atoms with E-state index in [1.165, 1.54) is 0 Å². The molecule has 0 aliphatic rings. The fraction of sp³-hybridized carbons (Fsp3) is 0.200. The first kappa shape index (κ1) is 13.1. The van der Waals surface area contributed by atoms with Crippen molar-refractivity contribution in [2.24, 2.45) is 5.11 Å². The van der Waals surface area contributed by atoms with Gasteiger partial charge in [0, 0.05) is 4.91 Å². The molecular formula is C15H15N3O. The van der Waals surface area contributed by atoms with E-state index in [9.17, 15) is 5.11 Å². The highest BCUT2D eigenvalue weighted by Crippen LogP contribution is 2.31. The second-order valence-corrected chi connectivity index (χ2v) is 4.57. The monoisotopic (exact) mass is 253 g/mol. The van der Waals surface area contributed by atoms with Gasteiger partial charge in [-0.1, -0.05) is 59.7 Å². The minimum Gasteiger partial charge on any atom is -0.385 e. The van der Waals surface area contributed by atoms with Crippen LogP contribution in [0.15, 0.2) is 59.7 Å². The lowest BCUT2D eigenvalue weighted by atomic mass is 9.88. The third kappa shape index (κ3) is 2.94. The van der Waals surface area contributed by atoms with Crippen molar-refractivity contribution < 1.29 is 5.11 Å². The minimum absolute atomic E-state index is 0.00729.